The van der Waals surface area contributed by atoms with Crippen LogP contribution in [0.2, 0.25) is 0 Å². The van der Waals surface area contributed by atoms with Crippen LogP contribution in [0.15, 0.2) is 37.3 Å². The number of nitrogens with zero attached hydrogens (tertiary/aromatic N) is 3. The average molecular weight is 414 g/mol. The number of amides is 1. The van der Waals surface area contributed by atoms with Crippen LogP contribution < -0.4 is 11.1 Å². The van der Waals surface area contributed by atoms with E-state index in [1.165, 1.54) is 30.0 Å². The smallest absolute Gasteiger partial charge is 0.230 e. The topological polar surface area (TPSA) is 106 Å². The standard InChI is InChI=1S/C14H13BrFN5O2S/c15-9-5-8(3-4-10(9)16)19-13(17)12-14(21-23-20-12)24-6-11(22)18-7-1-2-7/h3-5,7H,1-2,6H2,(H2,17,19)(H,18,22). The zero-order valence-electron chi connectivity index (χ0n) is 12.3. The number of carbonyl (C=O) groups is 1. The van der Waals surface area contributed by atoms with Crippen molar-refractivity contribution >= 4 is 45.1 Å². The number of thioether (sulfide) groups is 1. The van der Waals surface area contributed by atoms with Crippen molar-refractivity contribution in [2.24, 2.45) is 10.7 Å². The molecule has 0 atom stereocenters. The molecule has 3 rings (SSSR count). The van der Waals surface area contributed by atoms with Crippen LogP contribution in [-0.4, -0.2) is 33.9 Å². The van der Waals surface area contributed by atoms with Gasteiger partial charge in [-0.15, -0.1) is 0 Å². The van der Waals surface area contributed by atoms with Crippen LogP contribution in [0.1, 0.15) is 18.5 Å². The number of nitrogens with one attached hydrogen (secondary N) is 1. The first-order valence-electron chi connectivity index (χ1n) is 7.07. The zero-order chi connectivity index (χ0) is 17.1. The molecule has 0 unspecified atom stereocenters. The Morgan fingerprint density at radius 1 is 1.50 bits per heavy atom. The average Bonchev–Trinajstić information content (AvgIpc) is 3.22. The summed E-state index contributed by atoms with van der Waals surface area (Å²) in [6, 6.07) is 4.55. The summed E-state index contributed by atoms with van der Waals surface area (Å²) < 4.78 is 18.2. The summed E-state index contributed by atoms with van der Waals surface area (Å²) in [5.74, 6) is -0.213. The third-order valence-electron chi connectivity index (χ3n) is 3.14. The summed E-state index contributed by atoms with van der Waals surface area (Å²) in [5, 5.41) is 10.7. The van der Waals surface area contributed by atoms with Crippen LogP contribution in [0.25, 0.3) is 0 Å². The van der Waals surface area contributed by atoms with Gasteiger partial charge in [0.2, 0.25) is 5.91 Å². The van der Waals surface area contributed by atoms with E-state index in [9.17, 15) is 9.18 Å². The molecule has 24 heavy (non-hydrogen) atoms. The number of aliphatic imine (C=N–C) groups is 1. The normalized spacial score (nSPS) is 14.7. The lowest BCUT2D eigenvalue weighted by atomic mass is 10.3. The third kappa shape index (κ3) is 4.32. The van der Waals surface area contributed by atoms with Gasteiger partial charge >= 0.3 is 0 Å². The van der Waals surface area contributed by atoms with Gasteiger partial charge in [0.15, 0.2) is 16.6 Å². The first-order valence-corrected chi connectivity index (χ1v) is 8.85. The molecule has 1 heterocycles. The molecule has 1 fully saturated rings. The van der Waals surface area contributed by atoms with Crippen molar-refractivity contribution in [3.63, 3.8) is 0 Å². The summed E-state index contributed by atoms with van der Waals surface area (Å²) in [7, 11) is 0. The molecule has 1 aliphatic rings. The Bertz CT molecular complexity index is 793. The minimum absolute atomic E-state index is 0.0693. The maximum absolute atomic E-state index is 13.2. The van der Waals surface area contributed by atoms with Gasteiger partial charge in [0.1, 0.15) is 5.82 Å². The molecule has 1 aromatic carbocycles. The second kappa shape index (κ2) is 7.31. The molecule has 10 heteroatoms. The monoisotopic (exact) mass is 413 g/mol. The van der Waals surface area contributed by atoms with Crippen molar-refractivity contribution < 1.29 is 13.8 Å². The Hall–Kier alpha value is -1.94. The Morgan fingerprint density at radius 2 is 2.29 bits per heavy atom. The summed E-state index contributed by atoms with van der Waals surface area (Å²) in [6.45, 7) is 0. The van der Waals surface area contributed by atoms with Crippen molar-refractivity contribution in [2.45, 2.75) is 23.9 Å². The molecule has 0 aliphatic heterocycles. The van der Waals surface area contributed by atoms with E-state index in [1.54, 1.807) is 0 Å². The number of carbonyl (C=O) groups excluding carboxylic acids is 1. The Labute approximate surface area is 149 Å². The number of hydrogen-bond donors (Lipinski definition) is 2. The van der Waals surface area contributed by atoms with E-state index in [4.69, 9.17) is 10.4 Å². The van der Waals surface area contributed by atoms with Crippen LogP contribution in [0, 0.1) is 5.82 Å². The first-order chi connectivity index (χ1) is 11.5. The molecule has 0 radical (unpaired) electrons. The highest BCUT2D eigenvalue weighted by atomic mass is 79.9. The largest absolute Gasteiger partial charge is 0.382 e. The second-order valence-electron chi connectivity index (χ2n) is 5.14. The number of nitrogens with two attached hydrogens (primary N) is 1. The first kappa shape index (κ1) is 16.9. The van der Waals surface area contributed by atoms with E-state index in [0.717, 1.165) is 12.8 Å². The van der Waals surface area contributed by atoms with Crippen molar-refractivity contribution in [1.29, 1.82) is 0 Å². The van der Waals surface area contributed by atoms with E-state index >= 15 is 0 Å². The summed E-state index contributed by atoms with van der Waals surface area (Å²) >= 11 is 4.25. The van der Waals surface area contributed by atoms with Crippen LogP contribution in [-0.2, 0) is 4.79 Å². The lowest BCUT2D eigenvalue weighted by molar-refractivity contribution is -0.118. The van der Waals surface area contributed by atoms with Gasteiger partial charge in [-0.3, -0.25) is 4.79 Å². The minimum atomic E-state index is -0.395. The van der Waals surface area contributed by atoms with E-state index < -0.39 is 5.82 Å². The molecule has 0 spiro atoms. The third-order valence-corrected chi connectivity index (χ3v) is 4.69. The fourth-order valence-electron chi connectivity index (χ4n) is 1.81. The SMILES string of the molecule is NC(=Nc1ccc(F)c(Br)c1)c1nonc1SCC(=O)NC1CC1. The van der Waals surface area contributed by atoms with Crippen molar-refractivity contribution in [2.75, 3.05) is 5.75 Å². The molecule has 2 aromatic rings. The highest BCUT2D eigenvalue weighted by Crippen LogP contribution is 2.24. The molecule has 3 N–H and O–H groups in total. The fourth-order valence-corrected chi connectivity index (χ4v) is 2.89. The van der Waals surface area contributed by atoms with Crippen LogP contribution in [0.5, 0.6) is 0 Å². The Morgan fingerprint density at radius 3 is 3.00 bits per heavy atom. The van der Waals surface area contributed by atoms with Crippen LogP contribution in [0.4, 0.5) is 10.1 Å². The molecule has 1 amide bonds. The van der Waals surface area contributed by atoms with E-state index in [0.29, 0.717) is 16.8 Å². The summed E-state index contributed by atoms with van der Waals surface area (Å²) in [6.07, 6.45) is 2.06. The quantitative estimate of drug-likeness (QED) is 0.427. The van der Waals surface area contributed by atoms with Crippen molar-refractivity contribution in [3.8, 4) is 0 Å². The van der Waals surface area contributed by atoms with Gasteiger partial charge < -0.3 is 11.1 Å². The van der Waals surface area contributed by atoms with Gasteiger partial charge in [0.05, 0.1) is 15.9 Å². The van der Waals surface area contributed by atoms with Crippen molar-refractivity contribution in [3.05, 3.63) is 34.2 Å². The predicted molar refractivity (Wildman–Crippen MR) is 90.7 cm³/mol. The molecule has 1 aliphatic carbocycles. The molecule has 1 aromatic heterocycles. The molecular weight excluding hydrogens is 401 g/mol. The van der Waals surface area contributed by atoms with E-state index in [1.807, 2.05) is 0 Å². The van der Waals surface area contributed by atoms with Gasteiger partial charge in [-0.25, -0.2) is 14.0 Å². The molecular formula is C14H13BrFN5O2S. The fraction of sp³-hybridized carbons (Fsp3) is 0.286. The number of aromatic nitrogens is 2. The molecule has 126 valence electrons. The number of amidine groups is 1. The molecule has 0 bridgehead atoms. The predicted octanol–water partition coefficient (Wildman–Crippen LogP) is 2.38. The maximum Gasteiger partial charge on any atom is 0.230 e. The lowest BCUT2D eigenvalue weighted by Gasteiger charge is -2.02. The second-order valence-corrected chi connectivity index (χ2v) is 6.96. The summed E-state index contributed by atoms with van der Waals surface area (Å²) in [5.41, 5.74) is 6.62. The van der Waals surface area contributed by atoms with E-state index in [2.05, 4.69) is 36.6 Å². The number of benzene rings is 1. The van der Waals surface area contributed by atoms with Crippen LogP contribution >= 0.6 is 27.7 Å². The highest BCUT2D eigenvalue weighted by molar-refractivity contribution is 9.10. The Kier molecular flexibility index (Phi) is 5.14. The van der Waals surface area contributed by atoms with E-state index in [-0.39, 0.29) is 27.7 Å². The molecule has 1 saturated carbocycles. The zero-order valence-corrected chi connectivity index (χ0v) is 14.7. The van der Waals surface area contributed by atoms with Gasteiger partial charge in [0.25, 0.3) is 0 Å². The molecule has 0 saturated heterocycles. The minimum Gasteiger partial charge on any atom is -0.382 e. The van der Waals surface area contributed by atoms with Gasteiger partial charge in [0, 0.05) is 6.04 Å². The van der Waals surface area contributed by atoms with Gasteiger partial charge in [-0.05, 0) is 57.3 Å². The number of hydrogen-bond acceptors (Lipinski definition) is 6. The highest BCUT2D eigenvalue weighted by Gasteiger charge is 2.24. The lowest BCUT2D eigenvalue weighted by Crippen LogP contribution is -2.27. The van der Waals surface area contributed by atoms with Crippen molar-refractivity contribution in [1.82, 2.24) is 15.6 Å². The van der Waals surface area contributed by atoms with Crippen LogP contribution in [0.3, 0.4) is 0 Å². The number of rotatable bonds is 6. The Balaban J connectivity index is 1.69. The van der Waals surface area contributed by atoms with Gasteiger partial charge in [-0.2, -0.15) is 0 Å². The van der Waals surface area contributed by atoms with Gasteiger partial charge in [-0.1, -0.05) is 11.8 Å². The molecule has 7 nitrogen and oxygen atoms in total. The number of halogens is 2. The summed E-state index contributed by atoms with van der Waals surface area (Å²) in [4.78, 5) is 15.9. The maximum atomic E-state index is 13.2.